The molecule has 0 atom stereocenters. The lowest BCUT2D eigenvalue weighted by Crippen LogP contribution is -2.29. The molecule has 0 aromatic heterocycles. The number of sulfonamides is 2. The molecule has 1 heterocycles. The van der Waals surface area contributed by atoms with Gasteiger partial charge in [0.25, 0.3) is 10.0 Å². The molecule has 156 valence electrons. The molecule has 2 aromatic rings. The Labute approximate surface area is 170 Å². The van der Waals surface area contributed by atoms with Crippen LogP contribution in [0, 0.1) is 13.8 Å². The molecule has 0 unspecified atom stereocenters. The molecule has 2 aromatic carbocycles. The van der Waals surface area contributed by atoms with Crippen LogP contribution in [0.15, 0.2) is 41.3 Å². The van der Waals surface area contributed by atoms with E-state index in [0.29, 0.717) is 9.99 Å². The molecule has 0 radical (unpaired) electrons. The second-order valence-electron chi connectivity index (χ2n) is 6.77. The Morgan fingerprint density at radius 3 is 2.31 bits per heavy atom. The van der Waals surface area contributed by atoms with Gasteiger partial charge in [-0.05, 0) is 62.2 Å². The molecule has 1 saturated heterocycles. The number of amides is 1. The molecule has 10 heteroatoms. The van der Waals surface area contributed by atoms with Gasteiger partial charge < -0.3 is 4.74 Å². The van der Waals surface area contributed by atoms with Gasteiger partial charge in [-0.3, -0.25) is 9.52 Å². The molecule has 0 saturated carbocycles. The maximum absolute atomic E-state index is 13.1. The number of carbonyl (C=O) groups is 1. The van der Waals surface area contributed by atoms with E-state index in [1.54, 1.807) is 19.1 Å². The first-order valence-electron chi connectivity index (χ1n) is 8.97. The number of ether oxygens (including phenoxy) is 1. The second kappa shape index (κ2) is 7.68. The fraction of sp³-hybridized carbons (Fsp3) is 0.316. The zero-order chi connectivity index (χ0) is 21.4. The van der Waals surface area contributed by atoms with Crippen molar-refractivity contribution in [2.75, 3.05) is 21.4 Å². The Balaban J connectivity index is 2.09. The van der Waals surface area contributed by atoms with E-state index in [4.69, 9.17) is 4.74 Å². The summed E-state index contributed by atoms with van der Waals surface area (Å²) in [5, 5.41) is 0. The predicted molar refractivity (Wildman–Crippen MR) is 110 cm³/mol. The molecule has 1 N–H and O–H groups in total. The summed E-state index contributed by atoms with van der Waals surface area (Å²) >= 11 is 0. The number of nitrogens with one attached hydrogen (secondary N) is 1. The fourth-order valence-corrected chi connectivity index (χ4v) is 5.88. The molecule has 1 fully saturated rings. The van der Waals surface area contributed by atoms with Gasteiger partial charge in [-0.1, -0.05) is 6.07 Å². The standard InChI is InChI=1S/C19H22N2O6S2/c1-4-27-17-6-5-16(21-19(22)7-8-28(21,23)24)12-18(17)29(25,26)20-15-10-13(2)9-14(3)11-15/h5-6,9-12,20H,4,7-8H2,1-3H3. The summed E-state index contributed by atoms with van der Waals surface area (Å²) in [6.45, 7) is 5.62. The first-order valence-corrected chi connectivity index (χ1v) is 12.1. The van der Waals surface area contributed by atoms with Crippen molar-refractivity contribution in [2.24, 2.45) is 0 Å². The van der Waals surface area contributed by atoms with Gasteiger partial charge in [-0.2, -0.15) is 0 Å². The van der Waals surface area contributed by atoms with E-state index in [1.165, 1.54) is 12.1 Å². The highest BCUT2D eigenvalue weighted by atomic mass is 32.2. The summed E-state index contributed by atoms with van der Waals surface area (Å²) in [7, 11) is -7.93. The molecule has 0 aliphatic carbocycles. The lowest BCUT2D eigenvalue weighted by molar-refractivity contribution is -0.116. The van der Waals surface area contributed by atoms with E-state index in [1.807, 2.05) is 19.9 Å². The number of rotatable bonds is 6. The van der Waals surface area contributed by atoms with Crippen molar-refractivity contribution in [3.05, 3.63) is 47.5 Å². The van der Waals surface area contributed by atoms with E-state index < -0.39 is 26.0 Å². The number of anilines is 2. The highest BCUT2D eigenvalue weighted by molar-refractivity contribution is 7.94. The van der Waals surface area contributed by atoms with E-state index in [0.717, 1.165) is 17.2 Å². The smallest absolute Gasteiger partial charge is 0.265 e. The molecule has 1 amide bonds. The molecule has 0 spiro atoms. The van der Waals surface area contributed by atoms with Crippen LogP contribution < -0.4 is 13.8 Å². The third kappa shape index (κ3) is 4.38. The van der Waals surface area contributed by atoms with Crippen LogP contribution >= 0.6 is 0 Å². The van der Waals surface area contributed by atoms with Crippen molar-refractivity contribution in [3.63, 3.8) is 0 Å². The van der Waals surface area contributed by atoms with Crippen LogP contribution in [-0.2, 0) is 24.8 Å². The van der Waals surface area contributed by atoms with Crippen molar-refractivity contribution in [3.8, 4) is 5.75 Å². The normalized spacial score (nSPS) is 16.1. The molecular weight excluding hydrogens is 416 g/mol. The van der Waals surface area contributed by atoms with E-state index in [-0.39, 0.29) is 35.1 Å². The third-order valence-electron chi connectivity index (χ3n) is 4.30. The Hall–Kier alpha value is -2.59. The molecule has 8 nitrogen and oxygen atoms in total. The van der Waals surface area contributed by atoms with Gasteiger partial charge in [0.15, 0.2) is 0 Å². The molecule has 29 heavy (non-hydrogen) atoms. The van der Waals surface area contributed by atoms with Crippen molar-refractivity contribution >= 4 is 37.3 Å². The van der Waals surface area contributed by atoms with Crippen LogP contribution in [0.3, 0.4) is 0 Å². The van der Waals surface area contributed by atoms with E-state index >= 15 is 0 Å². The number of hydrogen-bond donors (Lipinski definition) is 1. The Morgan fingerprint density at radius 1 is 1.10 bits per heavy atom. The molecule has 1 aliphatic rings. The minimum absolute atomic E-state index is 0.0308. The molecule has 3 rings (SSSR count). The molecule has 1 aliphatic heterocycles. The molecular formula is C19H22N2O6S2. The largest absolute Gasteiger partial charge is 0.492 e. The average molecular weight is 439 g/mol. The lowest BCUT2D eigenvalue weighted by Gasteiger charge is -2.18. The quantitative estimate of drug-likeness (QED) is 0.742. The van der Waals surface area contributed by atoms with Crippen LogP contribution in [-0.4, -0.2) is 35.1 Å². The van der Waals surface area contributed by atoms with Gasteiger partial charge in [0.05, 0.1) is 18.0 Å². The Morgan fingerprint density at radius 2 is 1.76 bits per heavy atom. The van der Waals surface area contributed by atoms with Crippen molar-refractivity contribution in [1.29, 1.82) is 0 Å². The van der Waals surface area contributed by atoms with Gasteiger partial charge in [0, 0.05) is 12.1 Å². The number of carbonyl (C=O) groups excluding carboxylic acids is 1. The van der Waals surface area contributed by atoms with Crippen LogP contribution in [0.4, 0.5) is 11.4 Å². The second-order valence-corrected chi connectivity index (χ2v) is 10.4. The number of nitrogens with zero attached hydrogens (tertiary/aromatic N) is 1. The number of hydrogen-bond acceptors (Lipinski definition) is 6. The fourth-order valence-electron chi connectivity index (χ4n) is 3.22. The van der Waals surface area contributed by atoms with Crippen LogP contribution in [0.25, 0.3) is 0 Å². The first-order chi connectivity index (χ1) is 13.5. The average Bonchev–Trinajstić information content (AvgIpc) is 2.87. The summed E-state index contributed by atoms with van der Waals surface area (Å²) in [4.78, 5) is 11.8. The van der Waals surface area contributed by atoms with Crippen molar-refractivity contribution in [1.82, 2.24) is 0 Å². The van der Waals surface area contributed by atoms with Crippen LogP contribution in [0.2, 0.25) is 0 Å². The predicted octanol–water partition coefficient (Wildman–Crippen LogP) is 2.57. The summed E-state index contributed by atoms with van der Waals surface area (Å²) in [5.74, 6) is -0.834. The minimum Gasteiger partial charge on any atom is -0.492 e. The minimum atomic E-state index is -4.11. The van der Waals surface area contributed by atoms with E-state index in [9.17, 15) is 21.6 Å². The van der Waals surface area contributed by atoms with Crippen LogP contribution in [0.1, 0.15) is 24.5 Å². The maximum atomic E-state index is 13.1. The van der Waals surface area contributed by atoms with Gasteiger partial charge in [-0.25, -0.2) is 21.1 Å². The van der Waals surface area contributed by atoms with Gasteiger partial charge in [0.1, 0.15) is 10.6 Å². The van der Waals surface area contributed by atoms with Crippen molar-refractivity contribution in [2.45, 2.75) is 32.1 Å². The van der Waals surface area contributed by atoms with Gasteiger partial charge >= 0.3 is 0 Å². The van der Waals surface area contributed by atoms with E-state index in [2.05, 4.69) is 4.72 Å². The summed E-state index contributed by atoms with van der Waals surface area (Å²) in [6.07, 6.45) is -0.140. The Kier molecular flexibility index (Phi) is 5.59. The monoisotopic (exact) mass is 438 g/mol. The van der Waals surface area contributed by atoms with Crippen molar-refractivity contribution < 1.29 is 26.4 Å². The maximum Gasteiger partial charge on any atom is 0.265 e. The number of benzene rings is 2. The highest BCUT2D eigenvalue weighted by Crippen LogP contribution is 2.33. The summed E-state index contributed by atoms with van der Waals surface area (Å²) in [6, 6.07) is 9.15. The zero-order valence-corrected chi connectivity index (χ0v) is 17.9. The number of aryl methyl sites for hydroxylation is 2. The Bertz CT molecular complexity index is 1150. The summed E-state index contributed by atoms with van der Waals surface area (Å²) in [5.41, 5.74) is 2.11. The summed E-state index contributed by atoms with van der Waals surface area (Å²) < 4.78 is 59.2. The SMILES string of the molecule is CCOc1ccc(N2C(=O)CCS2(=O)=O)cc1S(=O)(=O)Nc1cc(C)cc(C)c1. The van der Waals surface area contributed by atoms with Gasteiger partial charge in [0.2, 0.25) is 15.9 Å². The first kappa shape index (κ1) is 21.1. The topological polar surface area (TPSA) is 110 Å². The zero-order valence-electron chi connectivity index (χ0n) is 16.3. The van der Waals surface area contributed by atoms with Gasteiger partial charge in [-0.15, -0.1) is 0 Å². The van der Waals surface area contributed by atoms with Crippen LogP contribution in [0.5, 0.6) is 5.75 Å². The third-order valence-corrected chi connectivity index (χ3v) is 7.40. The molecule has 0 bridgehead atoms. The lowest BCUT2D eigenvalue weighted by atomic mass is 10.1. The highest BCUT2D eigenvalue weighted by Gasteiger charge is 2.37.